The van der Waals surface area contributed by atoms with Gasteiger partial charge in [-0.05, 0) is 56.7 Å². The lowest BCUT2D eigenvalue weighted by atomic mass is 10.1. The molecule has 4 heteroatoms. The summed E-state index contributed by atoms with van der Waals surface area (Å²) in [6, 6.07) is 2.06. The fourth-order valence-electron chi connectivity index (χ4n) is 1.66. The smallest absolute Gasteiger partial charge is 0.0713 e. The average molecular weight is 334 g/mol. The summed E-state index contributed by atoms with van der Waals surface area (Å²) < 4.78 is 1.98. The highest BCUT2D eigenvalue weighted by atomic mass is 79.9. The third kappa shape index (κ3) is 3.26. The molecule has 1 unspecified atom stereocenters. The second-order valence-electron chi connectivity index (χ2n) is 4.15. The molecule has 1 aliphatic rings. The second-order valence-corrected chi connectivity index (χ2v) is 5.92. The summed E-state index contributed by atoms with van der Waals surface area (Å²) in [6.07, 6.45) is 6.86. The summed E-state index contributed by atoms with van der Waals surface area (Å²) in [5.74, 6) is 0.935. The second kappa shape index (κ2) is 4.93. The number of hydrogen-bond acceptors (Lipinski definition) is 2. The number of hydrogen-bond donors (Lipinski definition) is 1. The minimum Gasteiger partial charge on any atom is -0.323 e. The highest BCUT2D eigenvalue weighted by molar-refractivity contribution is 9.11. The predicted molar refractivity (Wildman–Crippen MR) is 68.5 cm³/mol. The first kappa shape index (κ1) is 11.6. The van der Waals surface area contributed by atoms with Crippen molar-refractivity contribution in [3.8, 4) is 0 Å². The fraction of sp³-hybridized carbons (Fsp3) is 0.545. The van der Waals surface area contributed by atoms with Gasteiger partial charge in [-0.1, -0.05) is 12.8 Å². The molecule has 1 heterocycles. The van der Waals surface area contributed by atoms with Crippen molar-refractivity contribution in [3.05, 3.63) is 26.9 Å². The lowest BCUT2D eigenvalue weighted by molar-refractivity contribution is 0.563. The van der Waals surface area contributed by atoms with E-state index in [1.165, 1.54) is 19.3 Å². The Labute approximate surface area is 107 Å². The first-order valence-corrected chi connectivity index (χ1v) is 6.82. The van der Waals surface area contributed by atoms with Crippen molar-refractivity contribution in [2.75, 3.05) is 0 Å². The molecule has 2 nitrogen and oxygen atoms in total. The Kier molecular flexibility index (Phi) is 3.80. The highest BCUT2D eigenvalue weighted by Gasteiger charge is 2.22. The van der Waals surface area contributed by atoms with Crippen LogP contribution in [0, 0.1) is 5.92 Å². The lowest BCUT2D eigenvalue weighted by Gasteiger charge is -2.12. The molecular weight excluding hydrogens is 320 g/mol. The van der Waals surface area contributed by atoms with Crippen molar-refractivity contribution < 1.29 is 0 Å². The zero-order chi connectivity index (χ0) is 10.8. The minimum absolute atomic E-state index is 0.0630. The van der Waals surface area contributed by atoms with Gasteiger partial charge in [-0.15, -0.1) is 0 Å². The van der Waals surface area contributed by atoms with Crippen LogP contribution in [0.5, 0.6) is 0 Å². The van der Waals surface area contributed by atoms with E-state index in [4.69, 9.17) is 5.73 Å². The molecule has 1 aromatic rings. The third-order valence-electron chi connectivity index (χ3n) is 2.77. The molecule has 0 radical (unpaired) electrons. The van der Waals surface area contributed by atoms with Crippen LogP contribution in [0.2, 0.25) is 0 Å². The molecule has 2 rings (SSSR count). The van der Waals surface area contributed by atoms with Gasteiger partial charge in [-0.3, -0.25) is 4.98 Å². The molecule has 0 aromatic carbocycles. The highest BCUT2D eigenvalue weighted by Crippen LogP contribution is 2.36. The van der Waals surface area contributed by atoms with Crippen LogP contribution < -0.4 is 5.73 Å². The molecule has 0 amide bonds. The Hall–Kier alpha value is 0.0700. The number of halogens is 2. The van der Waals surface area contributed by atoms with Gasteiger partial charge in [0.05, 0.1) is 5.69 Å². The standard InChI is InChI=1S/C11H14Br2N2/c12-8-5-9(13)11(15-6-8)10(14)4-3-7-1-2-7/h5-7,10H,1-4,14H2. The quantitative estimate of drug-likeness (QED) is 0.910. The van der Waals surface area contributed by atoms with Gasteiger partial charge in [0.1, 0.15) is 0 Å². The van der Waals surface area contributed by atoms with Crippen molar-refractivity contribution in [3.63, 3.8) is 0 Å². The van der Waals surface area contributed by atoms with E-state index in [-0.39, 0.29) is 6.04 Å². The van der Waals surface area contributed by atoms with E-state index in [0.29, 0.717) is 0 Å². The topological polar surface area (TPSA) is 38.9 Å². The van der Waals surface area contributed by atoms with Crippen molar-refractivity contribution in [2.24, 2.45) is 11.7 Å². The SMILES string of the molecule is NC(CCC1CC1)c1ncc(Br)cc1Br. The van der Waals surface area contributed by atoms with Gasteiger partial charge in [-0.2, -0.15) is 0 Å². The van der Waals surface area contributed by atoms with Gasteiger partial charge in [0.15, 0.2) is 0 Å². The molecule has 15 heavy (non-hydrogen) atoms. The van der Waals surface area contributed by atoms with Crippen molar-refractivity contribution in [1.82, 2.24) is 4.98 Å². The van der Waals surface area contributed by atoms with Gasteiger partial charge < -0.3 is 5.73 Å². The van der Waals surface area contributed by atoms with E-state index >= 15 is 0 Å². The van der Waals surface area contributed by atoms with Crippen molar-refractivity contribution in [2.45, 2.75) is 31.7 Å². The summed E-state index contributed by atoms with van der Waals surface area (Å²) in [5, 5.41) is 0. The molecule has 0 bridgehead atoms. The van der Waals surface area contributed by atoms with Crippen LogP contribution in [-0.2, 0) is 0 Å². The zero-order valence-electron chi connectivity index (χ0n) is 8.42. The van der Waals surface area contributed by atoms with Crippen LogP contribution in [0.25, 0.3) is 0 Å². The largest absolute Gasteiger partial charge is 0.323 e. The number of rotatable bonds is 4. The average Bonchev–Trinajstić information content (AvgIpc) is 2.97. The van der Waals surface area contributed by atoms with E-state index in [9.17, 15) is 0 Å². The zero-order valence-corrected chi connectivity index (χ0v) is 11.6. The number of nitrogens with zero attached hydrogens (tertiary/aromatic N) is 1. The van der Waals surface area contributed by atoms with E-state index in [0.717, 1.165) is 27.0 Å². The van der Waals surface area contributed by atoms with Crippen LogP contribution in [0.3, 0.4) is 0 Å². The lowest BCUT2D eigenvalue weighted by Crippen LogP contribution is -2.12. The van der Waals surface area contributed by atoms with Crippen molar-refractivity contribution in [1.29, 1.82) is 0 Å². The molecule has 1 saturated carbocycles. The molecule has 0 saturated heterocycles. The summed E-state index contributed by atoms with van der Waals surface area (Å²) >= 11 is 6.88. The number of pyridine rings is 1. The molecule has 2 N–H and O–H groups in total. The van der Waals surface area contributed by atoms with Gasteiger partial charge >= 0.3 is 0 Å². The van der Waals surface area contributed by atoms with E-state index < -0.39 is 0 Å². The normalized spacial score (nSPS) is 17.8. The molecule has 0 aliphatic heterocycles. The first-order chi connectivity index (χ1) is 7.16. The van der Waals surface area contributed by atoms with E-state index in [2.05, 4.69) is 36.8 Å². The van der Waals surface area contributed by atoms with Gasteiger partial charge in [0.25, 0.3) is 0 Å². The van der Waals surface area contributed by atoms with Crippen LogP contribution in [0.4, 0.5) is 0 Å². The monoisotopic (exact) mass is 332 g/mol. The summed E-state index contributed by atoms with van der Waals surface area (Å²) in [6.45, 7) is 0. The fourth-order valence-corrected chi connectivity index (χ4v) is 2.94. The van der Waals surface area contributed by atoms with Crippen LogP contribution >= 0.6 is 31.9 Å². The Bertz CT molecular complexity index is 350. The first-order valence-electron chi connectivity index (χ1n) is 5.23. The molecule has 1 aromatic heterocycles. The van der Waals surface area contributed by atoms with Crippen LogP contribution in [0.1, 0.15) is 37.4 Å². The summed E-state index contributed by atoms with van der Waals surface area (Å²) in [5.41, 5.74) is 7.09. The molecule has 1 atom stereocenters. The Morgan fingerprint density at radius 1 is 1.47 bits per heavy atom. The molecule has 1 aliphatic carbocycles. The third-order valence-corrected chi connectivity index (χ3v) is 3.84. The molecule has 0 spiro atoms. The molecule has 1 fully saturated rings. The van der Waals surface area contributed by atoms with E-state index in [1.54, 1.807) is 6.20 Å². The Balaban J connectivity index is 1.99. The van der Waals surface area contributed by atoms with Gasteiger partial charge in [0, 0.05) is 21.2 Å². The predicted octanol–water partition coefficient (Wildman–Crippen LogP) is 3.80. The maximum atomic E-state index is 6.11. The number of nitrogens with two attached hydrogens (primary N) is 1. The maximum Gasteiger partial charge on any atom is 0.0713 e. The molecular formula is C11H14Br2N2. The van der Waals surface area contributed by atoms with E-state index in [1.807, 2.05) is 6.07 Å². The maximum absolute atomic E-state index is 6.11. The van der Waals surface area contributed by atoms with Gasteiger partial charge in [0.2, 0.25) is 0 Å². The Morgan fingerprint density at radius 3 is 2.80 bits per heavy atom. The van der Waals surface area contributed by atoms with Gasteiger partial charge in [-0.25, -0.2) is 0 Å². The summed E-state index contributed by atoms with van der Waals surface area (Å²) in [7, 11) is 0. The van der Waals surface area contributed by atoms with Crippen LogP contribution in [-0.4, -0.2) is 4.98 Å². The van der Waals surface area contributed by atoms with Crippen molar-refractivity contribution >= 4 is 31.9 Å². The molecule has 82 valence electrons. The Morgan fingerprint density at radius 2 is 2.20 bits per heavy atom. The van der Waals surface area contributed by atoms with Crippen LogP contribution in [0.15, 0.2) is 21.2 Å². The summed E-state index contributed by atoms with van der Waals surface area (Å²) in [4.78, 5) is 4.36. The number of aromatic nitrogens is 1. The minimum atomic E-state index is 0.0630.